The predicted molar refractivity (Wildman–Crippen MR) is 51.5 cm³/mol. The van der Waals surface area contributed by atoms with Crippen LogP contribution in [0, 0.1) is 0 Å². The molecule has 76 valence electrons. The summed E-state index contributed by atoms with van der Waals surface area (Å²) in [6, 6.07) is 0. The highest BCUT2D eigenvalue weighted by Gasteiger charge is 2.24. The van der Waals surface area contributed by atoms with Crippen LogP contribution < -0.4 is 0 Å². The highest BCUT2D eigenvalue weighted by molar-refractivity contribution is 5.75. The SMILES string of the molecule is CC(=O)CCC[N+]1(C)CCOCC1. The van der Waals surface area contributed by atoms with Crippen molar-refractivity contribution in [3.63, 3.8) is 0 Å². The van der Waals surface area contributed by atoms with Gasteiger partial charge in [0.15, 0.2) is 0 Å². The van der Waals surface area contributed by atoms with Crippen LogP contribution in [0.25, 0.3) is 0 Å². The van der Waals surface area contributed by atoms with Crippen molar-refractivity contribution in [3.8, 4) is 0 Å². The lowest BCUT2D eigenvalue weighted by atomic mass is 10.2. The molecule has 13 heavy (non-hydrogen) atoms. The molecule has 0 radical (unpaired) electrons. The molecule has 0 aromatic rings. The molecule has 3 heteroatoms. The normalized spacial score (nSPS) is 21.4. The average molecular weight is 186 g/mol. The second-order valence-electron chi connectivity index (χ2n) is 4.21. The van der Waals surface area contributed by atoms with E-state index >= 15 is 0 Å². The van der Waals surface area contributed by atoms with Gasteiger partial charge in [-0.15, -0.1) is 0 Å². The molecule has 0 atom stereocenters. The van der Waals surface area contributed by atoms with Crippen molar-refractivity contribution in [1.29, 1.82) is 0 Å². The highest BCUT2D eigenvalue weighted by atomic mass is 16.5. The van der Waals surface area contributed by atoms with E-state index in [0.717, 1.165) is 50.2 Å². The van der Waals surface area contributed by atoms with Gasteiger partial charge in [-0.25, -0.2) is 0 Å². The Balaban J connectivity index is 2.21. The maximum absolute atomic E-state index is 10.8. The minimum Gasteiger partial charge on any atom is -0.370 e. The Morgan fingerprint density at radius 1 is 1.38 bits per heavy atom. The smallest absolute Gasteiger partial charge is 0.130 e. The Labute approximate surface area is 80.3 Å². The maximum Gasteiger partial charge on any atom is 0.130 e. The molecule has 1 saturated heterocycles. The molecule has 0 aromatic carbocycles. The molecule has 0 aliphatic carbocycles. The van der Waals surface area contributed by atoms with Gasteiger partial charge in [-0.3, -0.25) is 0 Å². The van der Waals surface area contributed by atoms with E-state index in [1.807, 2.05) is 0 Å². The fraction of sp³-hybridized carbons (Fsp3) is 0.900. The van der Waals surface area contributed by atoms with Gasteiger partial charge >= 0.3 is 0 Å². The minimum atomic E-state index is 0.305. The second-order valence-corrected chi connectivity index (χ2v) is 4.21. The highest BCUT2D eigenvalue weighted by Crippen LogP contribution is 2.09. The molecule has 0 N–H and O–H groups in total. The van der Waals surface area contributed by atoms with Crippen LogP contribution in [-0.2, 0) is 9.53 Å². The molecule has 1 fully saturated rings. The molecule has 1 aliphatic heterocycles. The third-order valence-corrected chi connectivity index (χ3v) is 2.78. The van der Waals surface area contributed by atoms with Gasteiger partial charge < -0.3 is 14.0 Å². The largest absolute Gasteiger partial charge is 0.370 e. The number of morpholine rings is 1. The van der Waals surface area contributed by atoms with Crippen LogP contribution in [0.15, 0.2) is 0 Å². The fourth-order valence-electron chi connectivity index (χ4n) is 1.72. The first-order valence-corrected chi connectivity index (χ1v) is 5.03. The molecule has 1 rings (SSSR count). The number of quaternary nitrogens is 1. The Kier molecular flexibility index (Phi) is 3.88. The monoisotopic (exact) mass is 186 g/mol. The molecule has 0 spiro atoms. The minimum absolute atomic E-state index is 0.305. The summed E-state index contributed by atoms with van der Waals surface area (Å²) in [5, 5.41) is 0. The summed E-state index contributed by atoms with van der Waals surface area (Å²) < 4.78 is 6.39. The molecule has 0 amide bonds. The molecule has 0 unspecified atom stereocenters. The van der Waals surface area contributed by atoms with Crippen molar-refractivity contribution in [2.75, 3.05) is 39.9 Å². The first-order chi connectivity index (χ1) is 6.12. The summed E-state index contributed by atoms with van der Waals surface area (Å²) in [7, 11) is 2.25. The van der Waals surface area contributed by atoms with Crippen LogP contribution in [0.2, 0.25) is 0 Å². The van der Waals surface area contributed by atoms with Crippen LogP contribution in [0.4, 0.5) is 0 Å². The lowest BCUT2D eigenvalue weighted by Crippen LogP contribution is -2.52. The standard InChI is InChI=1S/C10H20NO2/c1-10(12)4-3-5-11(2)6-8-13-9-7-11/h3-9H2,1-2H3/q+1. The molecular weight excluding hydrogens is 166 g/mol. The summed E-state index contributed by atoms with van der Waals surface area (Å²) in [6.07, 6.45) is 1.75. The number of hydrogen-bond donors (Lipinski definition) is 0. The van der Waals surface area contributed by atoms with Crippen molar-refractivity contribution >= 4 is 5.78 Å². The first kappa shape index (κ1) is 10.7. The van der Waals surface area contributed by atoms with Crippen molar-refractivity contribution in [2.45, 2.75) is 19.8 Å². The van der Waals surface area contributed by atoms with E-state index < -0.39 is 0 Å². The molecular formula is C10H20NO2+. The molecule has 0 saturated carbocycles. The third-order valence-electron chi connectivity index (χ3n) is 2.78. The zero-order valence-corrected chi connectivity index (χ0v) is 8.71. The number of carbonyl (C=O) groups is 1. The summed E-state index contributed by atoms with van der Waals surface area (Å²) in [5.74, 6) is 0.305. The van der Waals surface area contributed by atoms with E-state index in [1.165, 1.54) is 0 Å². The van der Waals surface area contributed by atoms with Gasteiger partial charge in [0.25, 0.3) is 0 Å². The van der Waals surface area contributed by atoms with Gasteiger partial charge in [-0.2, -0.15) is 0 Å². The Morgan fingerprint density at radius 2 is 2.00 bits per heavy atom. The number of likely N-dealkylation sites (N-methyl/N-ethyl adjacent to an activating group) is 1. The van der Waals surface area contributed by atoms with Gasteiger partial charge in [0, 0.05) is 12.8 Å². The molecule has 0 aromatic heterocycles. The van der Waals surface area contributed by atoms with E-state index in [4.69, 9.17) is 4.74 Å². The zero-order chi connectivity index (χ0) is 9.73. The number of Topliss-reactive ketones (excluding diaryl/α,β-unsaturated/α-hetero) is 1. The predicted octanol–water partition coefficient (Wildman–Crippen LogP) is 0.832. The van der Waals surface area contributed by atoms with Crippen LogP contribution in [0.1, 0.15) is 19.8 Å². The van der Waals surface area contributed by atoms with Gasteiger partial charge in [-0.05, 0) is 6.92 Å². The van der Waals surface area contributed by atoms with Crippen molar-refractivity contribution in [3.05, 3.63) is 0 Å². The number of nitrogens with zero attached hydrogens (tertiary/aromatic N) is 1. The Hall–Kier alpha value is -0.410. The number of carbonyl (C=O) groups excluding carboxylic acids is 1. The zero-order valence-electron chi connectivity index (χ0n) is 8.71. The van der Waals surface area contributed by atoms with E-state index in [-0.39, 0.29) is 0 Å². The lowest BCUT2D eigenvalue weighted by molar-refractivity contribution is -0.917. The lowest BCUT2D eigenvalue weighted by Gasteiger charge is -2.37. The second kappa shape index (κ2) is 4.72. The van der Waals surface area contributed by atoms with Gasteiger partial charge in [0.2, 0.25) is 0 Å². The van der Waals surface area contributed by atoms with Gasteiger partial charge in [0.05, 0.1) is 26.8 Å². The van der Waals surface area contributed by atoms with Gasteiger partial charge in [-0.1, -0.05) is 0 Å². The summed E-state index contributed by atoms with van der Waals surface area (Å²) in [6.45, 7) is 6.71. The van der Waals surface area contributed by atoms with E-state index in [2.05, 4.69) is 7.05 Å². The number of ether oxygens (including phenoxy) is 1. The van der Waals surface area contributed by atoms with E-state index in [9.17, 15) is 4.79 Å². The third kappa shape index (κ3) is 3.87. The quantitative estimate of drug-likeness (QED) is 0.608. The van der Waals surface area contributed by atoms with Gasteiger partial charge in [0.1, 0.15) is 18.9 Å². The molecule has 1 heterocycles. The average Bonchev–Trinajstić information content (AvgIpc) is 2.04. The van der Waals surface area contributed by atoms with E-state index in [0.29, 0.717) is 5.78 Å². The van der Waals surface area contributed by atoms with Crippen LogP contribution in [0.3, 0.4) is 0 Å². The summed E-state index contributed by atoms with van der Waals surface area (Å²) >= 11 is 0. The number of ketones is 1. The van der Waals surface area contributed by atoms with Crippen molar-refractivity contribution in [2.24, 2.45) is 0 Å². The van der Waals surface area contributed by atoms with Crippen LogP contribution in [0.5, 0.6) is 0 Å². The topological polar surface area (TPSA) is 26.3 Å². The Morgan fingerprint density at radius 3 is 2.54 bits per heavy atom. The Bertz CT molecular complexity index is 174. The molecule has 0 bridgehead atoms. The summed E-state index contributed by atoms with van der Waals surface area (Å²) in [5.41, 5.74) is 0. The first-order valence-electron chi connectivity index (χ1n) is 5.03. The van der Waals surface area contributed by atoms with Crippen molar-refractivity contribution < 1.29 is 14.0 Å². The number of hydrogen-bond acceptors (Lipinski definition) is 2. The van der Waals surface area contributed by atoms with Crippen LogP contribution >= 0.6 is 0 Å². The van der Waals surface area contributed by atoms with E-state index in [1.54, 1.807) is 6.92 Å². The molecule has 3 nitrogen and oxygen atoms in total. The summed E-state index contributed by atoms with van der Waals surface area (Å²) in [4.78, 5) is 10.8. The van der Waals surface area contributed by atoms with Crippen LogP contribution in [-0.4, -0.2) is 50.2 Å². The molecule has 1 aliphatic rings. The fourth-order valence-corrected chi connectivity index (χ4v) is 1.72. The van der Waals surface area contributed by atoms with Crippen molar-refractivity contribution in [1.82, 2.24) is 0 Å². The number of rotatable bonds is 4. The maximum atomic E-state index is 10.8.